The first-order valence-electron chi connectivity index (χ1n) is 7.14. The number of aliphatic hydroxyl groups is 1. The molecule has 0 aromatic heterocycles. The SMILES string of the molecule is C/C=C/[C@H](O)[C@@H](/C=C\S(=O)(=NC)c1ccccc1)C(C)C. The third-order valence-electron chi connectivity index (χ3n) is 3.39. The zero-order chi connectivity index (χ0) is 15.9. The molecule has 0 fully saturated rings. The van der Waals surface area contributed by atoms with Crippen LogP contribution in [-0.4, -0.2) is 22.5 Å². The Hall–Kier alpha value is -1.39. The summed E-state index contributed by atoms with van der Waals surface area (Å²) in [6, 6.07) is 9.21. The lowest BCUT2D eigenvalue weighted by molar-refractivity contribution is 0.151. The van der Waals surface area contributed by atoms with Gasteiger partial charge in [0.2, 0.25) is 0 Å². The van der Waals surface area contributed by atoms with Crippen molar-refractivity contribution in [2.24, 2.45) is 16.2 Å². The van der Waals surface area contributed by atoms with E-state index in [1.165, 1.54) is 0 Å². The van der Waals surface area contributed by atoms with Crippen LogP contribution in [0.4, 0.5) is 0 Å². The van der Waals surface area contributed by atoms with Crippen LogP contribution in [0.15, 0.2) is 63.2 Å². The molecule has 1 aromatic carbocycles. The van der Waals surface area contributed by atoms with Crippen LogP contribution in [0.1, 0.15) is 20.8 Å². The first-order valence-corrected chi connectivity index (χ1v) is 8.72. The quantitative estimate of drug-likeness (QED) is 0.811. The van der Waals surface area contributed by atoms with Crippen molar-refractivity contribution < 1.29 is 9.32 Å². The first-order chi connectivity index (χ1) is 9.94. The molecule has 0 heterocycles. The van der Waals surface area contributed by atoms with Crippen LogP contribution in [0.2, 0.25) is 0 Å². The van der Waals surface area contributed by atoms with Crippen molar-refractivity contribution in [3.05, 3.63) is 54.0 Å². The van der Waals surface area contributed by atoms with Gasteiger partial charge >= 0.3 is 0 Å². The van der Waals surface area contributed by atoms with E-state index in [0.29, 0.717) is 4.90 Å². The van der Waals surface area contributed by atoms with Crippen LogP contribution in [0.5, 0.6) is 0 Å². The highest BCUT2D eigenvalue weighted by Gasteiger charge is 2.18. The molecule has 0 amide bonds. The summed E-state index contributed by atoms with van der Waals surface area (Å²) in [5, 5.41) is 11.8. The van der Waals surface area contributed by atoms with E-state index in [1.807, 2.05) is 63.3 Å². The highest BCUT2D eigenvalue weighted by molar-refractivity contribution is 7.96. The molecule has 3 nitrogen and oxygen atoms in total. The smallest absolute Gasteiger partial charge is 0.0963 e. The van der Waals surface area contributed by atoms with Gasteiger partial charge in [0.15, 0.2) is 0 Å². The van der Waals surface area contributed by atoms with Crippen molar-refractivity contribution in [2.45, 2.75) is 31.8 Å². The molecule has 21 heavy (non-hydrogen) atoms. The molecule has 1 aromatic rings. The molecule has 0 saturated carbocycles. The van der Waals surface area contributed by atoms with Gasteiger partial charge in [0.1, 0.15) is 0 Å². The highest BCUT2D eigenvalue weighted by atomic mass is 32.2. The molecule has 0 aliphatic rings. The van der Waals surface area contributed by atoms with Crippen molar-refractivity contribution in [2.75, 3.05) is 7.05 Å². The molecule has 0 bridgehead atoms. The molecule has 0 radical (unpaired) electrons. The zero-order valence-electron chi connectivity index (χ0n) is 13.1. The van der Waals surface area contributed by atoms with E-state index >= 15 is 0 Å². The Morgan fingerprint density at radius 2 is 1.81 bits per heavy atom. The fourth-order valence-corrected chi connectivity index (χ4v) is 3.54. The molecule has 1 rings (SSSR count). The number of benzene rings is 1. The van der Waals surface area contributed by atoms with Gasteiger partial charge in [0.05, 0.1) is 20.7 Å². The fourth-order valence-electron chi connectivity index (χ4n) is 2.11. The monoisotopic (exact) mass is 307 g/mol. The van der Waals surface area contributed by atoms with E-state index < -0.39 is 15.8 Å². The summed E-state index contributed by atoms with van der Waals surface area (Å²) in [6.07, 6.45) is 4.83. The van der Waals surface area contributed by atoms with Gasteiger partial charge in [0, 0.05) is 18.4 Å². The largest absolute Gasteiger partial charge is 0.388 e. The van der Waals surface area contributed by atoms with Crippen molar-refractivity contribution in [1.82, 2.24) is 0 Å². The first kappa shape index (κ1) is 17.7. The molecule has 1 N–H and O–H groups in total. The van der Waals surface area contributed by atoms with Gasteiger partial charge in [-0.3, -0.25) is 0 Å². The number of hydrogen-bond donors (Lipinski definition) is 1. The van der Waals surface area contributed by atoms with Gasteiger partial charge in [0.25, 0.3) is 0 Å². The number of rotatable bonds is 6. The summed E-state index contributed by atoms with van der Waals surface area (Å²) in [5.74, 6) is 0.149. The summed E-state index contributed by atoms with van der Waals surface area (Å²) in [7, 11) is -1.01. The lowest BCUT2D eigenvalue weighted by Crippen LogP contribution is -2.21. The van der Waals surface area contributed by atoms with Gasteiger partial charge in [-0.15, -0.1) is 0 Å². The minimum absolute atomic E-state index is 0.0903. The second-order valence-electron chi connectivity index (χ2n) is 5.23. The number of hydrogen-bond acceptors (Lipinski definition) is 3. The van der Waals surface area contributed by atoms with Gasteiger partial charge in [-0.25, -0.2) is 8.57 Å². The van der Waals surface area contributed by atoms with Gasteiger partial charge in [-0.2, -0.15) is 0 Å². The van der Waals surface area contributed by atoms with Crippen LogP contribution < -0.4 is 0 Å². The summed E-state index contributed by atoms with van der Waals surface area (Å²) in [4.78, 5) is 0.687. The lowest BCUT2D eigenvalue weighted by atomic mass is 9.90. The Bertz CT molecular complexity index is 596. The number of allylic oxidation sites excluding steroid dienone is 1. The predicted octanol–water partition coefficient (Wildman–Crippen LogP) is 3.87. The van der Waals surface area contributed by atoms with Crippen LogP contribution in [-0.2, 0) is 9.73 Å². The van der Waals surface area contributed by atoms with Gasteiger partial charge < -0.3 is 5.11 Å². The molecule has 0 aliphatic heterocycles. The second-order valence-corrected chi connectivity index (χ2v) is 7.48. The van der Waals surface area contributed by atoms with E-state index in [4.69, 9.17) is 0 Å². The van der Waals surface area contributed by atoms with Crippen LogP contribution in [0.3, 0.4) is 0 Å². The van der Waals surface area contributed by atoms with E-state index in [0.717, 1.165) is 0 Å². The van der Waals surface area contributed by atoms with Crippen molar-refractivity contribution >= 4 is 9.73 Å². The molecule has 0 saturated heterocycles. The third-order valence-corrected chi connectivity index (χ3v) is 5.41. The lowest BCUT2D eigenvalue weighted by Gasteiger charge is -2.21. The van der Waals surface area contributed by atoms with Crippen molar-refractivity contribution in [3.63, 3.8) is 0 Å². The molecule has 0 spiro atoms. The standard InChI is InChI=1S/C17H25NO2S/c1-5-9-17(19)16(14(2)3)12-13-21(20,18-4)15-10-7-6-8-11-15/h5-14,16-17,19H,1-4H3/b9-5+,13-12-/t16-,17-,21?/m0/s1. The number of aliphatic hydroxyl groups excluding tert-OH is 1. The normalized spacial score (nSPS) is 18.0. The Morgan fingerprint density at radius 3 is 2.29 bits per heavy atom. The Kier molecular flexibility index (Phi) is 6.85. The fraction of sp³-hybridized carbons (Fsp3) is 0.412. The predicted molar refractivity (Wildman–Crippen MR) is 89.5 cm³/mol. The molecule has 1 unspecified atom stereocenters. The van der Waals surface area contributed by atoms with E-state index in [9.17, 15) is 9.32 Å². The maximum absolute atomic E-state index is 12.9. The minimum atomic E-state index is -2.57. The third kappa shape index (κ3) is 4.83. The van der Waals surface area contributed by atoms with Gasteiger partial charge in [-0.05, 0) is 25.0 Å². The minimum Gasteiger partial charge on any atom is -0.388 e. The van der Waals surface area contributed by atoms with Crippen LogP contribution in [0, 0.1) is 11.8 Å². The summed E-state index contributed by atoms with van der Waals surface area (Å²) in [5.41, 5.74) is 0. The number of nitrogens with zero attached hydrogens (tertiary/aromatic N) is 1. The Morgan fingerprint density at radius 1 is 1.19 bits per heavy atom. The second kappa shape index (κ2) is 8.15. The van der Waals surface area contributed by atoms with Crippen molar-refractivity contribution in [1.29, 1.82) is 0 Å². The topological polar surface area (TPSA) is 49.7 Å². The maximum Gasteiger partial charge on any atom is 0.0963 e. The molecular weight excluding hydrogens is 282 g/mol. The van der Waals surface area contributed by atoms with Crippen LogP contribution in [0.25, 0.3) is 0 Å². The summed E-state index contributed by atoms with van der Waals surface area (Å²) < 4.78 is 17.0. The van der Waals surface area contributed by atoms with Gasteiger partial charge in [-0.1, -0.05) is 50.3 Å². The van der Waals surface area contributed by atoms with E-state index in [-0.39, 0.29) is 11.8 Å². The molecule has 116 valence electrons. The average Bonchev–Trinajstić information content (AvgIpc) is 2.48. The summed E-state index contributed by atoms with van der Waals surface area (Å²) in [6.45, 7) is 5.95. The molecule has 3 atom stereocenters. The highest BCUT2D eigenvalue weighted by Crippen LogP contribution is 2.21. The Labute approximate surface area is 128 Å². The maximum atomic E-state index is 12.9. The molecule has 0 aliphatic carbocycles. The molecule has 4 heteroatoms. The zero-order valence-corrected chi connectivity index (χ0v) is 14.0. The van der Waals surface area contributed by atoms with E-state index in [2.05, 4.69) is 4.36 Å². The molecular formula is C17H25NO2S. The average molecular weight is 307 g/mol. The van der Waals surface area contributed by atoms with E-state index in [1.54, 1.807) is 18.5 Å². The Balaban J connectivity index is 3.12. The van der Waals surface area contributed by atoms with Crippen LogP contribution >= 0.6 is 0 Å². The summed E-state index contributed by atoms with van der Waals surface area (Å²) >= 11 is 0. The van der Waals surface area contributed by atoms with Crippen molar-refractivity contribution in [3.8, 4) is 0 Å².